The number of ether oxygens (including phenoxy) is 1. The first-order valence-electron chi connectivity index (χ1n) is 10.9. The van der Waals surface area contributed by atoms with E-state index in [0.717, 1.165) is 17.8 Å². The van der Waals surface area contributed by atoms with Gasteiger partial charge in [0.1, 0.15) is 0 Å². The summed E-state index contributed by atoms with van der Waals surface area (Å²) in [6, 6.07) is 14.8. The van der Waals surface area contributed by atoms with Gasteiger partial charge in [0, 0.05) is 42.1 Å². The fourth-order valence-electron chi connectivity index (χ4n) is 5.58. The second-order valence-corrected chi connectivity index (χ2v) is 13.2. The van der Waals surface area contributed by atoms with E-state index >= 15 is 0 Å². The summed E-state index contributed by atoms with van der Waals surface area (Å²) in [6.07, 6.45) is 0.680. The number of hydrogen-bond acceptors (Lipinski definition) is 5. The van der Waals surface area contributed by atoms with Crippen molar-refractivity contribution in [2.75, 3.05) is 23.5 Å². The molecule has 2 aromatic rings. The van der Waals surface area contributed by atoms with Crippen LogP contribution in [0.2, 0.25) is 18.6 Å². The maximum atomic E-state index is 13.6. The Hall–Kier alpha value is -2.52. The Morgan fingerprint density at radius 3 is 2.47 bits per heavy atom. The number of para-hydroxylation sites is 1. The van der Waals surface area contributed by atoms with Gasteiger partial charge in [0.15, 0.2) is 13.9 Å². The molecule has 2 aliphatic rings. The smallest absolute Gasteiger partial charge is 0.264 e. The second-order valence-electron chi connectivity index (χ2n) is 9.25. The summed E-state index contributed by atoms with van der Waals surface area (Å²) in [6.45, 7) is 5.57. The molecule has 0 saturated carbocycles. The number of likely N-dealkylation sites (N-methyl/N-ethyl adjacent to an activating group) is 1. The highest BCUT2D eigenvalue weighted by atomic mass is 28.4. The van der Waals surface area contributed by atoms with E-state index in [1.165, 1.54) is 4.90 Å². The fraction of sp³-hybridized carbons (Fsp3) is 0.417. The van der Waals surface area contributed by atoms with Crippen LogP contribution in [-0.4, -0.2) is 50.3 Å². The highest BCUT2D eigenvalue weighted by Gasteiger charge is 2.65. The van der Waals surface area contributed by atoms with Crippen molar-refractivity contribution < 1.29 is 24.2 Å². The van der Waals surface area contributed by atoms with Gasteiger partial charge in [-0.2, -0.15) is 0 Å². The third kappa shape index (κ3) is 3.29. The van der Waals surface area contributed by atoms with E-state index in [1.807, 2.05) is 68.5 Å². The minimum Gasteiger partial charge on any atom is -0.432 e. The van der Waals surface area contributed by atoms with Crippen LogP contribution in [0.25, 0.3) is 0 Å². The van der Waals surface area contributed by atoms with Crippen LogP contribution in [0.4, 0.5) is 17.1 Å². The lowest BCUT2D eigenvalue weighted by molar-refractivity contribution is -0.146. The van der Waals surface area contributed by atoms with E-state index in [9.17, 15) is 19.5 Å². The molecule has 2 aromatic carbocycles. The first-order chi connectivity index (χ1) is 15.2. The number of carbonyl (C=O) groups excluding carboxylic acids is 2. The number of amides is 2. The Bertz CT molecular complexity index is 1020. The molecule has 0 aliphatic carbocycles. The van der Waals surface area contributed by atoms with Crippen LogP contribution in [0.15, 0.2) is 48.5 Å². The lowest BCUT2D eigenvalue weighted by Crippen LogP contribution is -2.45. The Balaban J connectivity index is 1.86. The zero-order valence-corrected chi connectivity index (χ0v) is 19.9. The summed E-state index contributed by atoms with van der Waals surface area (Å²) in [4.78, 5) is 39.8. The highest BCUT2D eigenvalue weighted by Crippen LogP contribution is 2.59. The molecule has 1 saturated heterocycles. The molecular formula is C24H30N2O5Si. The second kappa shape index (κ2) is 8.11. The van der Waals surface area contributed by atoms with E-state index in [1.54, 1.807) is 11.9 Å². The van der Waals surface area contributed by atoms with Gasteiger partial charge in [0.25, 0.3) is 5.91 Å². The highest BCUT2D eigenvalue weighted by molar-refractivity contribution is 6.71. The van der Waals surface area contributed by atoms with Crippen LogP contribution in [0.1, 0.15) is 18.9 Å². The molecule has 8 heteroatoms. The topological polar surface area (TPSA) is 90.3 Å². The van der Waals surface area contributed by atoms with Crippen LogP contribution in [0.3, 0.4) is 0 Å². The largest absolute Gasteiger partial charge is 0.432 e. The molecule has 4 atom stereocenters. The molecular weight excluding hydrogens is 424 g/mol. The number of fused-ring (bicyclic) bond motifs is 2. The standard InChI is InChI=1S/C24H30N2O5Si/c1-16-22(32(3,4)30)21(12-13-27)31-24(16)19-14-18(10-11-20(19)25(2)23(24)29)26(15-28)17-8-6-5-7-9-17/h5-11,14-16,21-22,27,30H,12-13H2,1-4H3/t16-,21+,22-,24+/m1/s1. The fourth-order valence-corrected chi connectivity index (χ4v) is 8.18. The first-order valence-corrected chi connectivity index (χ1v) is 13.9. The van der Waals surface area contributed by atoms with Gasteiger partial charge >= 0.3 is 0 Å². The van der Waals surface area contributed by atoms with Crippen molar-refractivity contribution >= 4 is 37.7 Å². The number of rotatable bonds is 6. The van der Waals surface area contributed by atoms with E-state index in [4.69, 9.17) is 4.74 Å². The minimum absolute atomic E-state index is 0.0850. The molecule has 0 unspecified atom stereocenters. The molecule has 4 rings (SSSR count). The number of anilines is 3. The maximum absolute atomic E-state index is 13.6. The summed E-state index contributed by atoms with van der Waals surface area (Å²) < 4.78 is 6.50. The van der Waals surface area contributed by atoms with Crippen LogP contribution in [0, 0.1) is 5.92 Å². The number of aliphatic hydroxyl groups is 1. The van der Waals surface area contributed by atoms with Crippen molar-refractivity contribution in [2.24, 2.45) is 5.92 Å². The minimum atomic E-state index is -2.72. The Morgan fingerprint density at radius 1 is 1.19 bits per heavy atom. The molecule has 0 aromatic heterocycles. The van der Waals surface area contributed by atoms with Crippen molar-refractivity contribution in [3.63, 3.8) is 0 Å². The van der Waals surface area contributed by atoms with Gasteiger partial charge in [-0.1, -0.05) is 25.1 Å². The average molecular weight is 455 g/mol. The Kier molecular flexibility index (Phi) is 5.75. The van der Waals surface area contributed by atoms with E-state index < -0.39 is 20.0 Å². The number of benzene rings is 2. The average Bonchev–Trinajstić information content (AvgIpc) is 3.17. The summed E-state index contributed by atoms with van der Waals surface area (Å²) >= 11 is 0. The van der Waals surface area contributed by atoms with Crippen molar-refractivity contribution in [1.82, 2.24) is 0 Å². The van der Waals surface area contributed by atoms with Crippen LogP contribution in [-0.2, 0) is 19.9 Å². The SMILES string of the molecule is C[C@@H]1[C@@H]([Si](C)(C)O)[C@H](CCO)O[C@@]12C(=O)N(C)c1ccc(N(C=O)c3ccccc3)cc12. The quantitative estimate of drug-likeness (QED) is 0.517. The van der Waals surface area contributed by atoms with Gasteiger partial charge in [0.05, 0.1) is 11.8 Å². The summed E-state index contributed by atoms with van der Waals surface area (Å²) in [5, 5.41) is 9.63. The van der Waals surface area contributed by atoms with Gasteiger partial charge in [-0.25, -0.2) is 0 Å². The molecule has 2 amide bonds. The molecule has 1 spiro atoms. The van der Waals surface area contributed by atoms with E-state index in [0.29, 0.717) is 17.7 Å². The monoisotopic (exact) mass is 454 g/mol. The van der Waals surface area contributed by atoms with Gasteiger partial charge in [0.2, 0.25) is 6.41 Å². The predicted molar refractivity (Wildman–Crippen MR) is 125 cm³/mol. The Morgan fingerprint density at radius 2 is 1.88 bits per heavy atom. The van der Waals surface area contributed by atoms with Gasteiger partial charge in [-0.05, 0) is 49.8 Å². The van der Waals surface area contributed by atoms with Crippen LogP contribution in [0.5, 0.6) is 0 Å². The summed E-state index contributed by atoms with van der Waals surface area (Å²) in [7, 11) is -1.00. The van der Waals surface area contributed by atoms with E-state index in [2.05, 4.69) is 0 Å². The molecule has 170 valence electrons. The third-order valence-corrected chi connectivity index (χ3v) is 9.43. The normalized spacial score (nSPS) is 27.1. The van der Waals surface area contributed by atoms with Gasteiger partial charge in [-0.15, -0.1) is 0 Å². The maximum Gasteiger partial charge on any atom is 0.264 e. The summed E-state index contributed by atoms with van der Waals surface area (Å²) in [5.74, 6) is -0.475. The van der Waals surface area contributed by atoms with Gasteiger partial charge in [-0.3, -0.25) is 14.5 Å². The lowest BCUT2D eigenvalue weighted by atomic mass is 9.82. The first kappa shape index (κ1) is 22.7. The van der Waals surface area contributed by atoms with Crippen molar-refractivity contribution in [2.45, 2.75) is 43.7 Å². The third-order valence-electron chi connectivity index (χ3n) is 6.93. The lowest BCUT2D eigenvalue weighted by Gasteiger charge is -2.32. The van der Waals surface area contributed by atoms with Crippen molar-refractivity contribution in [1.29, 1.82) is 0 Å². The molecule has 2 N–H and O–H groups in total. The number of hydrogen-bond donors (Lipinski definition) is 2. The number of nitrogens with zero attached hydrogens (tertiary/aromatic N) is 2. The molecule has 1 fully saturated rings. The predicted octanol–water partition coefficient (Wildman–Crippen LogP) is 3.14. The van der Waals surface area contributed by atoms with Crippen molar-refractivity contribution in [3.8, 4) is 0 Å². The zero-order valence-electron chi connectivity index (χ0n) is 18.9. The van der Waals surface area contributed by atoms with E-state index in [-0.39, 0.29) is 24.0 Å². The Labute approximate surface area is 189 Å². The zero-order chi connectivity index (χ0) is 23.3. The number of aliphatic hydroxyl groups excluding tert-OH is 1. The van der Waals surface area contributed by atoms with Crippen LogP contribution >= 0.6 is 0 Å². The molecule has 0 radical (unpaired) electrons. The molecule has 2 heterocycles. The van der Waals surface area contributed by atoms with Crippen molar-refractivity contribution in [3.05, 3.63) is 54.1 Å². The molecule has 0 bridgehead atoms. The van der Waals surface area contributed by atoms with Crippen LogP contribution < -0.4 is 9.80 Å². The molecule has 7 nitrogen and oxygen atoms in total. The summed E-state index contributed by atoms with van der Waals surface area (Å²) in [5.41, 5.74) is 1.29. The number of carbonyl (C=O) groups is 2. The van der Waals surface area contributed by atoms with Gasteiger partial charge < -0.3 is 19.5 Å². The molecule has 32 heavy (non-hydrogen) atoms. The molecule has 2 aliphatic heterocycles.